The molecule has 12 aromatic rings. The molecule has 0 fully saturated rings. The van der Waals surface area contributed by atoms with Crippen LogP contribution in [0.25, 0.3) is 110 Å². The minimum absolute atomic E-state index is 0.720. The first-order valence-electron chi connectivity index (χ1n) is 19.7. The van der Waals surface area contributed by atoms with Crippen molar-refractivity contribution < 1.29 is 0 Å². The largest absolute Gasteiger partial charge is 0.309 e. The van der Waals surface area contributed by atoms with E-state index in [4.69, 9.17) is 9.97 Å². The van der Waals surface area contributed by atoms with Gasteiger partial charge in [-0.25, -0.2) is 9.97 Å². The Kier molecular flexibility index (Phi) is 7.20. The van der Waals surface area contributed by atoms with E-state index in [1.807, 2.05) is 18.2 Å². The number of hydrogen-bond acceptors (Lipinski definition) is 2. The van der Waals surface area contributed by atoms with E-state index in [0.29, 0.717) is 0 Å². The van der Waals surface area contributed by atoms with Crippen LogP contribution in [0, 0.1) is 0 Å². The molecule has 0 spiro atoms. The number of hydrogen-bond donors (Lipinski definition) is 0. The molecule has 0 aliphatic carbocycles. The third kappa shape index (κ3) is 5.02. The number of aromatic nitrogens is 4. The molecule has 0 radical (unpaired) electrons. The first-order chi connectivity index (χ1) is 28.8. The zero-order valence-electron chi connectivity index (χ0n) is 31.4. The van der Waals surface area contributed by atoms with Crippen molar-refractivity contribution >= 4 is 65.3 Å². The second kappa shape index (κ2) is 12.9. The maximum Gasteiger partial charge on any atom is 0.160 e. The lowest BCUT2D eigenvalue weighted by molar-refractivity contribution is 1.18. The van der Waals surface area contributed by atoms with Gasteiger partial charge in [-0.3, -0.25) is 0 Å². The summed E-state index contributed by atoms with van der Waals surface area (Å²) in [6, 6.07) is 73.9. The molecule has 0 amide bonds. The zero-order chi connectivity index (χ0) is 38.2. The van der Waals surface area contributed by atoms with Gasteiger partial charge in [0.05, 0.1) is 33.3 Å². The molecule has 0 aliphatic heterocycles. The van der Waals surface area contributed by atoms with Gasteiger partial charge in [-0.2, -0.15) is 0 Å². The highest BCUT2D eigenvalue weighted by molar-refractivity contribution is 6.13. The molecule has 0 atom stereocenters. The molecule has 3 aromatic heterocycles. The Morgan fingerprint density at radius 1 is 0.293 bits per heavy atom. The molecule has 12 rings (SSSR count). The number of benzene rings is 9. The van der Waals surface area contributed by atoms with Crippen LogP contribution in [0.4, 0.5) is 0 Å². The van der Waals surface area contributed by atoms with E-state index in [-0.39, 0.29) is 0 Å². The van der Waals surface area contributed by atoms with Crippen molar-refractivity contribution in [2.45, 2.75) is 0 Å². The highest BCUT2D eigenvalue weighted by Gasteiger charge is 2.18. The average Bonchev–Trinajstić information content (AvgIpc) is 3.81. The van der Waals surface area contributed by atoms with E-state index < -0.39 is 0 Å². The summed E-state index contributed by atoms with van der Waals surface area (Å²) in [4.78, 5) is 10.5. The second-order valence-electron chi connectivity index (χ2n) is 15.0. The van der Waals surface area contributed by atoms with Crippen molar-refractivity contribution in [3.05, 3.63) is 206 Å². The lowest BCUT2D eigenvalue weighted by Gasteiger charge is -2.14. The van der Waals surface area contributed by atoms with Crippen molar-refractivity contribution in [3.8, 4) is 45.1 Å². The van der Waals surface area contributed by atoms with Crippen LogP contribution in [-0.4, -0.2) is 19.1 Å². The molecule has 0 N–H and O–H groups in total. The highest BCUT2D eigenvalue weighted by atomic mass is 15.0. The van der Waals surface area contributed by atoms with Crippen molar-refractivity contribution in [2.75, 3.05) is 0 Å². The van der Waals surface area contributed by atoms with E-state index in [2.05, 4.69) is 197 Å². The molecule has 9 aromatic carbocycles. The highest BCUT2D eigenvalue weighted by Crippen LogP contribution is 2.40. The van der Waals surface area contributed by atoms with Crippen molar-refractivity contribution in [3.63, 3.8) is 0 Å². The molecule has 0 saturated carbocycles. The fourth-order valence-corrected chi connectivity index (χ4v) is 9.03. The Morgan fingerprint density at radius 2 is 0.828 bits per heavy atom. The third-order valence-electron chi connectivity index (χ3n) is 11.7. The molecule has 4 heteroatoms. The van der Waals surface area contributed by atoms with Crippen molar-refractivity contribution in [1.29, 1.82) is 0 Å². The van der Waals surface area contributed by atoms with E-state index in [1.165, 1.54) is 43.7 Å². The molecule has 0 saturated heterocycles. The molecule has 0 aliphatic rings. The topological polar surface area (TPSA) is 35.6 Å². The molecule has 58 heavy (non-hydrogen) atoms. The predicted octanol–water partition coefficient (Wildman–Crippen LogP) is 14.0. The quantitative estimate of drug-likeness (QED) is 0.165. The monoisotopic (exact) mass is 738 g/mol. The minimum atomic E-state index is 0.720. The molecule has 270 valence electrons. The Hall–Kier alpha value is -7.82. The number of para-hydroxylation sites is 3. The van der Waals surface area contributed by atoms with E-state index >= 15 is 0 Å². The molecule has 4 nitrogen and oxygen atoms in total. The van der Waals surface area contributed by atoms with Crippen molar-refractivity contribution in [1.82, 2.24) is 19.1 Å². The lowest BCUT2D eigenvalue weighted by atomic mass is 10.0. The van der Waals surface area contributed by atoms with E-state index in [1.54, 1.807) is 0 Å². The summed E-state index contributed by atoms with van der Waals surface area (Å²) >= 11 is 0. The van der Waals surface area contributed by atoms with Gasteiger partial charge in [0.15, 0.2) is 5.82 Å². The summed E-state index contributed by atoms with van der Waals surface area (Å²) in [5, 5.41) is 8.25. The third-order valence-corrected chi connectivity index (χ3v) is 11.7. The van der Waals surface area contributed by atoms with Gasteiger partial charge >= 0.3 is 0 Å². The molecular formula is C54H34N4. The molecule has 0 bridgehead atoms. The second-order valence-corrected chi connectivity index (χ2v) is 15.0. The summed E-state index contributed by atoms with van der Waals surface area (Å²) in [6.07, 6.45) is 0. The van der Waals surface area contributed by atoms with Gasteiger partial charge in [-0.05, 0) is 83.2 Å². The van der Waals surface area contributed by atoms with Crippen LogP contribution in [0.15, 0.2) is 206 Å². The Balaban J connectivity index is 1.02. The van der Waals surface area contributed by atoms with Gasteiger partial charge < -0.3 is 9.13 Å². The first kappa shape index (κ1) is 32.4. The first-order valence-corrected chi connectivity index (χ1v) is 19.7. The van der Waals surface area contributed by atoms with Crippen LogP contribution in [0.3, 0.4) is 0 Å². The van der Waals surface area contributed by atoms with Crippen LogP contribution in [0.2, 0.25) is 0 Å². The molecule has 0 unspecified atom stereocenters. The van der Waals surface area contributed by atoms with Crippen LogP contribution < -0.4 is 0 Å². The van der Waals surface area contributed by atoms with Crippen LogP contribution >= 0.6 is 0 Å². The minimum Gasteiger partial charge on any atom is -0.309 e. The Bertz CT molecular complexity index is 3560. The van der Waals surface area contributed by atoms with Crippen LogP contribution in [0.1, 0.15) is 0 Å². The Labute approximate surface area is 334 Å². The summed E-state index contributed by atoms with van der Waals surface area (Å²) in [5.41, 5.74) is 13.3. The summed E-state index contributed by atoms with van der Waals surface area (Å²) in [5.74, 6) is 0.720. The predicted molar refractivity (Wildman–Crippen MR) is 242 cm³/mol. The number of nitrogens with zero attached hydrogens (tertiary/aromatic N) is 4. The van der Waals surface area contributed by atoms with E-state index in [0.717, 1.165) is 66.7 Å². The van der Waals surface area contributed by atoms with Gasteiger partial charge in [0.25, 0.3) is 0 Å². The van der Waals surface area contributed by atoms with Gasteiger partial charge in [0.1, 0.15) is 0 Å². The van der Waals surface area contributed by atoms with Gasteiger partial charge in [0, 0.05) is 54.8 Å². The standard InChI is InChI=1S/C54H34N4/c1-3-15-36(16-4-1)54-55-52(45-29-26-35-14-7-8-21-42(35)53(45)56-54)39-17-13-20-41(32-39)58-49-25-12-10-23-44(49)47-34-38(28-31-51(47)58)37-27-30-50-46(33-37)43-22-9-11-24-48(43)57(50)40-18-5-2-6-19-40/h1-34H. The van der Waals surface area contributed by atoms with Gasteiger partial charge in [0.2, 0.25) is 0 Å². The average molecular weight is 739 g/mol. The SMILES string of the molecule is c1ccc(-c2nc(-c3cccc(-n4c5ccccc5c5cc(-c6ccc7c(c6)c6ccccc6n7-c6ccccc6)ccc54)c3)c3ccc4ccccc4c3n2)cc1. The van der Waals surface area contributed by atoms with E-state index in [9.17, 15) is 0 Å². The molecular weight excluding hydrogens is 705 g/mol. The van der Waals surface area contributed by atoms with Gasteiger partial charge in [-0.1, -0.05) is 140 Å². The maximum absolute atomic E-state index is 5.28. The fraction of sp³-hybridized carbons (Fsp3) is 0. The Morgan fingerprint density at radius 3 is 1.52 bits per heavy atom. The van der Waals surface area contributed by atoms with Gasteiger partial charge in [-0.15, -0.1) is 0 Å². The molecule has 3 heterocycles. The zero-order valence-corrected chi connectivity index (χ0v) is 31.4. The van der Waals surface area contributed by atoms with Crippen LogP contribution in [-0.2, 0) is 0 Å². The lowest BCUT2D eigenvalue weighted by Crippen LogP contribution is -1.98. The number of rotatable bonds is 5. The summed E-state index contributed by atoms with van der Waals surface area (Å²) in [7, 11) is 0. The maximum atomic E-state index is 5.28. The van der Waals surface area contributed by atoms with Crippen LogP contribution in [0.5, 0.6) is 0 Å². The fourth-order valence-electron chi connectivity index (χ4n) is 9.03. The summed E-state index contributed by atoms with van der Waals surface area (Å²) in [6.45, 7) is 0. The van der Waals surface area contributed by atoms with Crippen molar-refractivity contribution in [2.24, 2.45) is 0 Å². The normalized spacial score (nSPS) is 11.8. The number of fused-ring (bicyclic) bond motifs is 9. The smallest absolute Gasteiger partial charge is 0.160 e. The summed E-state index contributed by atoms with van der Waals surface area (Å²) < 4.78 is 4.76.